The van der Waals surface area contributed by atoms with Gasteiger partial charge in [-0.25, -0.2) is 12.8 Å². The van der Waals surface area contributed by atoms with Crippen LogP contribution in [0, 0.1) is 5.82 Å². The lowest BCUT2D eigenvalue weighted by Gasteiger charge is -2.11. The third-order valence-corrected chi connectivity index (χ3v) is 6.09. The molecule has 1 saturated heterocycles. The topological polar surface area (TPSA) is 92.3 Å². The minimum absolute atomic E-state index is 0.0589. The number of nitrogens with one attached hydrogen (secondary N) is 2. The van der Waals surface area contributed by atoms with Crippen molar-refractivity contribution < 1.29 is 22.4 Å². The first kappa shape index (κ1) is 19.0. The SMILES string of the molecule is O=C(NCc1ccc(F)cc1)c1cccc(C(=O)NC2CCS(=O)(=O)C2)c1. The smallest absolute Gasteiger partial charge is 0.251 e. The lowest BCUT2D eigenvalue weighted by atomic mass is 10.1. The Morgan fingerprint density at radius 3 is 2.33 bits per heavy atom. The van der Waals surface area contributed by atoms with E-state index in [0.29, 0.717) is 12.0 Å². The van der Waals surface area contributed by atoms with E-state index >= 15 is 0 Å². The summed E-state index contributed by atoms with van der Waals surface area (Å²) in [6.07, 6.45) is 0.395. The van der Waals surface area contributed by atoms with Crippen LogP contribution in [0.15, 0.2) is 48.5 Å². The van der Waals surface area contributed by atoms with Gasteiger partial charge in [0.25, 0.3) is 11.8 Å². The van der Waals surface area contributed by atoms with Crippen molar-refractivity contribution in [3.8, 4) is 0 Å². The molecule has 0 spiro atoms. The van der Waals surface area contributed by atoms with E-state index in [4.69, 9.17) is 0 Å². The summed E-state index contributed by atoms with van der Waals surface area (Å²) in [5.41, 5.74) is 1.35. The molecule has 0 aliphatic carbocycles. The number of benzene rings is 2. The molecule has 0 radical (unpaired) electrons. The molecule has 2 aromatic rings. The number of carbonyl (C=O) groups excluding carboxylic acids is 2. The van der Waals surface area contributed by atoms with Crippen LogP contribution in [0.4, 0.5) is 4.39 Å². The zero-order chi connectivity index (χ0) is 19.4. The average Bonchev–Trinajstić information content (AvgIpc) is 2.99. The molecule has 27 heavy (non-hydrogen) atoms. The van der Waals surface area contributed by atoms with E-state index in [9.17, 15) is 22.4 Å². The van der Waals surface area contributed by atoms with Crippen molar-refractivity contribution in [2.24, 2.45) is 0 Å². The predicted octanol–water partition coefficient (Wildman–Crippen LogP) is 1.67. The summed E-state index contributed by atoms with van der Waals surface area (Å²) in [5.74, 6) is -1.11. The first-order valence-corrected chi connectivity index (χ1v) is 10.3. The Hall–Kier alpha value is -2.74. The van der Waals surface area contributed by atoms with E-state index in [1.165, 1.54) is 18.2 Å². The molecule has 1 heterocycles. The number of hydrogen-bond donors (Lipinski definition) is 2. The van der Waals surface area contributed by atoms with E-state index < -0.39 is 21.8 Å². The number of amides is 2. The van der Waals surface area contributed by atoms with Gasteiger partial charge in [0.15, 0.2) is 9.84 Å². The highest BCUT2D eigenvalue weighted by molar-refractivity contribution is 7.91. The standard InChI is InChI=1S/C19H19FN2O4S/c20-16-6-4-13(5-7-16)11-21-18(23)14-2-1-3-15(10-14)19(24)22-17-8-9-27(25,26)12-17/h1-7,10,17H,8-9,11-12H2,(H,21,23)(H,22,24). The molecule has 1 unspecified atom stereocenters. The fourth-order valence-corrected chi connectivity index (χ4v) is 4.54. The molecule has 2 N–H and O–H groups in total. The van der Waals surface area contributed by atoms with Gasteiger partial charge in [0.05, 0.1) is 11.5 Å². The largest absolute Gasteiger partial charge is 0.348 e. The second-order valence-electron chi connectivity index (χ2n) is 6.46. The van der Waals surface area contributed by atoms with Crippen LogP contribution in [-0.2, 0) is 16.4 Å². The van der Waals surface area contributed by atoms with Crippen molar-refractivity contribution in [3.63, 3.8) is 0 Å². The molecular weight excluding hydrogens is 371 g/mol. The van der Waals surface area contributed by atoms with Gasteiger partial charge in [-0.3, -0.25) is 9.59 Å². The Morgan fingerprint density at radius 1 is 1.04 bits per heavy atom. The normalized spacial score (nSPS) is 18.0. The number of halogens is 1. The quantitative estimate of drug-likeness (QED) is 0.812. The third-order valence-electron chi connectivity index (χ3n) is 4.32. The van der Waals surface area contributed by atoms with Crippen LogP contribution >= 0.6 is 0 Å². The second-order valence-corrected chi connectivity index (χ2v) is 8.69. The van der Waals surface area contributed by atoms with E-state index in [1.807, 2.05) is 0 Å². The minimum Gasteiger partial charge on any atom is -0.348 e. The lowest BCUT2D eigenvalue weighted by molar-refractivity contribution is 0.0941. The molecule has 2 amide bonds. The summed E-state index contributed by atoms with van der Waals surface area (Å²) in [6, 6.07) is 11.6. The van der Waals surface area contributed by atoms with Crippen molar-refractivity contribution in [2.75, 3.05) is 11.5 Å². The van der Waals surface area contributed by atoms with Crippen molar-refractivity contribution in [1.82, 2.24) is 10.6 Å². The molecule has 1 fully saturated rings. The van der Waals surface area contributed by atoms with E-state index in [-0.39, 0.29) is 35.3 Å². The Balaban J connectivity index is 1.61. The maximum Gasteiger partial charge on any atom is 0.251 e. The summed E-state index contributed by atoms with van der Waals surface area (Å²) in [7, 11) is -3.08. The van der Waals surface area contributed by atoms with Gasteiger partial charge in [0.2, 0.25) is 0 Å². The van der Waals surface area contributed by atoms with E-state index in [2.05, 4.69) is 10.6 Å². The summed E-state index contributed by atoms with van der Waals surface area (Å²) >= 11 is 0. The Bertz CT molecular complexity index is 958. The lowest BCUT2D eigenvalue weighted by Crippen LogP contribution is -2.35. The highest BCUT2D eigenvalue weighted by Crippen LogP contribution is 2.13. The molecule has 142 valence electrons. The highest BCUT2D eigenvalue weighted by atomic mass is 32.2. The highest BCUT2D eigenvalue weighted by Gasteiger charge is 2.29. The Morgan fingerprint density at radius 2 is 1.70 bits per heavy atom. The Labute approximate surface area is 156 Å². The monoisotopic (exact) mass is 390 g/mol. The minimum atomic E-state index is -3.08. The number of hydrogen-bond acceptors (Lipinski definition) is 4. The van der Waals surface area contributed by atoms with Gasteiger partial charge in [-0.15, -0.1) is 0 Å². The van der Waals surface area contributed by atoms with Gasteiger partial charge in [0.1, 0.15) is 5.82 Å². The first-order chi connectivity index (χ1) is 12.8. The third kappa shape index (κ3) is 5.13. The predicted molar refractivity (Wildman–Crippen MR) is 98.5 cm³/mol. The average molecular weight is 390 g/mol. The maximum absolute atomic E-state index is 12.9. The summed E-state index contributed by atoms with van der Waals surface area (Å²) in [6.45, 7) is 0.232. The van der Waals surface area contributed by atoms with Gasteiger partial charge in [0, 0.05) is 23.7 Å². The van der Waals surface area contributed by atoms with Gasteiger partial charge < -0.3 is 10.6 Å². The van der Waals surface area contributed by atoms with Crippen molar-refractivity contribution in [2.45, 2.75) is 19.0 Å². The van der Waals surface area contributed by atoms with Crippen molar-refractivity contribution in [1.29, 1.82) is 0 Å². The molecule has 1 aliphatic rings. The fraction of sp³-hybridized carbons (Fsp3) is 0.263. The molecule has 6 nitrogen and oxygen atoms in total. The maximum atomic E-state index is 12.9. The second kappa shape index (κ2) is 7.87. The molecule has 2 aromatic carbocycles. The fourth-order valence-electron chi connectivity index (χ4n) is 2.87. The molecule has 1 aliphatic heterocycles. The van der Waals surface area contributed by atoms with Crippen molar-refractivity contribution in [3.05, 3.63) is 71.0 Å². The van der Waals surface area contributed by atoms with Gasteiger partial charge in [-0.2, -0.15) is 0 Å². The summed E-state index contributed by atoms with van der Waals surface area (Å²) < 4.78 is 35.9. The van der Waals surface area contributed by atoms with Crippen molar-refractivity contribution >= 4 is 21.7 Å². The number of carbonyl (C=O) groups is 2. The van der Waals surface area contributed by atoms with Crippen LogP contribution in [0.25, 0.3) is 0 Å². The molecule has 1 atom stereocenters. The zero-order valence-corrected chi connectivity index (χ0v) is 15.3. The van der Waals surface area contributed by atoms with Crippen LogP contribution in [0.5, 0.6) is 0 Å². The zero-order valence-electron chi connectivity index (χ0n) is 14.4. The van der Waals surface area contributed by atoms with Crippen LogP contribution in [0.3, 0.4) is 0 Å². The molecule has 0 bridgehead atoms. The van der Waals surface area contributed by atoms with Gasteiger partial charge in [-0.05, 0) is 42.3 Å². The van der Waals surface area contributed by atoms with Crippen LogP contribution < -0.4 is 10.6 Å². The molecule has 0 aromatic heterocycles. The van der Waals surface area contributed by atoms with E-state index in [0.717, 1.165) is 5.56 Å². The van der Waals surface area contributed by atoms with Crippen LogP contribution in [0.2, 0.25) is 0 Å². The van der Waals surface area contributed by atoms with E-state index in [1.54, 1.807) is 30.3 Å². The number of rotatable bonds is 5. The van der Waals surface area contributed by atoms with Gasteiger partial charge in [-0.1, -0.05) is 18.2 Å². The van der Waals surface area contributed by atoms with Gasteiger partial charge >= 0.3 is 0 Å². The Kier molecular flexibility index (Phi) is 5.55. The van der Waals surface area contributed by atoms with Crippen LogP contribution in [0.1, 0.15) is 32.7 Å². The summed E-state index contributed by atoms with van der Waals surface area (Å²) in [4.78, 5) is 24.6. The van der Waals surface area contributed by atoms with Crippen LogP contribution in [-0.4, -0.2) is 37.8 Å². The molecule has 3 rings (SSSR count). The summed E-state index contributed by atoms with van der Waals surface area (Å²) in [5, 5.41) is 5.41. The first-order valence-electron chi connectivity index (χ1n) is 8.46. The molecule has 0 saturated carbocycles. The molecular formula is C19H19FN2O4S. The molecule has 8 heteroatoms. The number of sulfone groups is 1.